The predicted octanol–water partition coefficient (Wildman–Crippen LogP) is 2.87. The Morgan fingerprint density at radius 2 is 1.76 bits per heavy atom. The standard InChI is InChI=1S/C22H37N7/c1-17(2)29(18(3)4)14-10-13-23-22(24-15-20-11-8-7-9-12-20)25-16-21-27-26-19(5)28(21)6/h7-9,11-12,17-18H,10,13-16H2,1-6H3,(H2,23,24,25). The van der Waals surface area contributed by atoms with Crippen LogP contribution in [0.2, 0.25) is 0 Å². The molecule has 7 heteroatoms. The molecular formula is C22H37N7. The molecule has 160 valence electrons. The van der Waals surface area contributed by atoms with Crippen LogP contribution in [0.5, 0.6) is 0 Å². The molecule has 0 bridgehead atoms. The number of hydrogen-bond donors (Lipinski definition) is 2. The zero-order valence-corrected chi connectivity index (χ0v) is 18.8. The van der Waals surface area contributed by atoms with Gasteiger partial charge in [0, 0.05) is 32.2 Å². The highest BCUT2D eigenvalue weighted by Gasteiger charge is 2.12. The van der Waals surface area contributed by atoms with Crippen LogP contribution in [0.15, 0.2) is 35.3 Å². The van der Waals surface area contributed by atoms with Gasteiger partial charge in [-0.1, -0.05) is 30.3 Å². The fourth-order valence-corrected chi connectivity index (χ4v) is 3.28. The predicted molar refractivity (Wildman–Crippen MR) is 120 cm³/mol. The SMILES string of the molecule is Cc1nnc(CNC(=NCc2ccccc2)NCCCN(C(C)C)C(C)C)n1C. The molecule has 0 aliphatic heterocycles. The molecule has 7 nitrogen and oxygen atoms in total. The summed E-state index contributed by atoms with van der Waals surface area (Å²) in [5, 5.41) is 15.2. The normalized spacial score (nSPS) is 12.2. The third-order valence-corrected chi connectivity index (χ3v) is 5.07. The Morgan fingerprint density at radius 3 is 2.34 bits per heavy atom. The summed E-state index contributed by atoms with van der Waals surface area (Å²) in [5.41, 5.74) is 1.19. The van der Waals surface area contributed by atoms with E-state index in [-0.39, 0.29) is 0 Å². The second kappa shape index (κ2) is 11.6. The van der Waals surface area contributed by atoms with E-state index in [1.165, 1.54) is 5.56 Å². The Kier molecular flexibility index (Phi) is 9.12. The van der Waals surface area contributed by atoms with E-state index in [1.807, 2.05) is 36.7 Å². The van der Waals surface area contributed by atoms with Crippen molar-refractivity contribution < 1.29 is 0 Å². The summed E-state index contributed by atoms with van der Waals surface area (Å²) in [5.74, 6) is 2.60. The molecule has 0 spiro atoms. The van der Waals surface area contributed by atoms with Crippen LogP contribution in [0.4, 0.5) is 0 Å². The summed E-state index contributed by atoms with van der Waals surface area (Å²) in [6.07, 6.45) is 1.06. The zero-order valence-electron chi connectivity index (χ0n) is 18.8. The number of aliphatic imine (C=N–C) groups is 1. The number of aromatic nitrogens is 3. The molecule has 2 N–H and O–H groups in total. The average Bonchev–Trinajstić information content (AvgIpc) is 3.01. The molecule has 0 aliphatic rings. The van der Waals surface area contributed by atoms with Gasteiger partial charge in [-0.2, -0.15) is 0 Å². The molecule has 2 rings (SSSR count). The molecule has 0 aliphatic carbocycles. The minimum Gasteiger partial charge on any atom is -0.356 e. The quantitative estimate of drug-likeness (QED) is 0.365. The van der Waals surface area contributed by atoms with E-state index in [4.69, 9.17) is 4.99 Å². The smallest absolute Gasteiger partial charge is 0.191 e. The van der Waals surface area contributed by atoms with E-state index in [2.05, 4.69) is 65.6 Å². The van der Waals surface area contributed by atoms with Crippen molar-refractivity contribution in [1.29, 1.82) is 0 Å². The highest BCUT2D eigenvalue weighted by molar-refractivity contribution is 5.79. The van der Waals surface area contributed by atoms with Gasteiger partial charge in [0.15, 0.2) is 11.8 Å². The van der Waals surface area contributed by atoms with Crippen LogP contribution in [0.25, 0.3) is 0 Å². The molecule has 0 saturated carbocycles. The highest BCUT2D eigenvalue weighted by atomic mass is 15.3. The van der Waals surface area contributed by atoms with Crippen molar-refractivity contribution in [2.75, 3.05) is 13.1 Å². The van der Waals surface area contributed by atoms with Crippen LogP contribution < -0.4 is 10.6 Å². The van der Waals surface area contributed by atoms with E-state index in [0.717, 1.165) is 37.1 Å². The molecule has 1 aromatic heterocycles. The fourth-order valence-electron chi connectivity index (χ4n) is 3.28. The van der Waals surface area contributed by atoms with Crippen LogP contribution in [-0.4, -0.2) is 50.8 Å². The van der Waals surface area contributed by atoms with Gasteiger partial charge in [0.25, 0.3) is 0 Å². The van der Waals surface area contributed by atoms with Gasteiger partial charge < -0.3 is 15.2 Å². The summed E-state index contributed by atoms with van der Waals surface area (Å²) in [4.78, 5) is 7.27. The number of aryl methyl sites for hydroxylation is 1. The first-order valence-electron chi connectivity index (χ1n) is 10.5. The Bertz CT molecular complexity index is 742. The zero-order chi connectivity index (χ0) is 21.2. The van der Waals surface area contributed by atoms with Gasteiger partial charge in [0.2, 0.25) is 0 Å². The van der Waals surface area contributed by atoms with Crippen molar-refractivity contribution in [2.45, 2.75) is 66.2 Å². The summed E-state index contributed by atoms with van der Waals surface area (Å²) < 4.78 is 1.99. The number of hydrogen-bond acceptors (Lipinski definition) is 4. The van der Waals surface area contributed by atoms with Crippen molar-refractivity contribution in [3.05, 3.63) is 47.5 Å². The van der Waals surface area contributed by atoms with Crippen molar-refractivity contribution in [3.63, 3.8) is 0 Å². The number of guanidine groups is 1. The third kappa shape index (κ3) is 7.49. The number of nitrogens with one attached hydrogen (secondary N) is 2. The molecule has 0 fully saturated rings. The van der Waals surface area contributed by atoms with Crippen LogP contribution in [0.1, 0.15) is 51.3 Å². The van der Waals surface area contributed by atoms with Crippen LogP contribution >= 0.6 is 0 Å². The number of rotatable bonds is 10. The molecule has 1 aromatic carbocycles. The van der Waals surface area contributed by atoms with E-state index in [9.17, 15) is 0 Å². The lowest BCUT2D eigenvalue weighted by Crippen LogP contribution is -2.41. The first-order valence-corrected chi connectivity index (χ1v) is 10.5. The molecule has 0 radical (unpaired) electrons. The Balaban J connectivity index is 1.93. The van der Waals surface area contributed by atoms with Crippen molar-refractivity contribution in [2.24, 2.45) is 12.0 Å². The lowest BCUT2D eigenvalue weighted by molar-refractivity contribution is 0.173. The number of nitrogens with zero attached hydrogens (tertiary/aromatic N) is 5. The van der Waals surface area contributed by atoms with Crippen LogP contribution in [-0.2, 0) is 20.1 Å². The summed E-state index contributed by atoms with van der Waals surface area (Å²) in [6.45, 7) is 14.1. The van der Waals surface area contributed by atoms with Crippen molar-refractivity contribution >= 4 is 5.96 Å². The highest BCUT2D eigenvalue weighted by Crippen LogP contribution is 2.05. The molecular weight excluding hydrogens is 362 g/mol. The largest absolute Gasteiger partial charge is 0.356 e. The maximum atomic E-state index is 4.76. The topological polar surface area (TPSA) is 70.4 Å². The summed E-state index contributed by atoms with van der Waals surface area (Å²) in [6, 6.07) is 11.4. The lowest BCUT2D eigenvalue weighted by atomic mass is 10.2. The van der Waals surface area contributed by atoms with Gasteiger partial charge in [-0.05, 0) is 46.6 Å². The third-order valence-electron chi connectivity index (χ3n) is 5.07. The molecule has 1 heterocycles. The molecule has 29 heavy (non-hydrogen) atoms. The molecule has 0 unspecified atom stereocenters. The lowest BCUT2D eigenvalue weighted by Gasteiger charge is -2.30. The van der Waals surface area contributed by atoms with E-state index in [1.54, 1.807) is 0 Å². The van der Waals surface area contributed by atoms with Gasteiger partial charge in [0.1, 0.15) is 5.82 Å². The van der Waals surface area contributed by atoms with Gasteiger partial charge in [-0.3, -0.25) is 4.90 Å². The van der Waals surface area contributed by atoms with Gasteiger partial charge >= 0.3 is 0 Å². The maximum absolute atomic E-state index is 4.76. The monoisotopic (exact) mass is 399 g/mol. The second-order valence-corrected chi connectivity index (χ2v) is 7.93. The molecule has 0 atom stereocenters. The fraction of sp³-hybridized carbons (Fsp3) is 0.591. The van der Waals surface area contributed by atoms with E-state index < -0.39 is 0 Å². The molecule has 2 aromatic rings. The number of benzene rings is 1. The summed E-state index contributed by atoms with van der Waals surface area (Å²) >= 11 is 0. The first-order chi connectivity index (χ1) is 13.9. The van der Waals surface area contributed by atoms with E-state index in [0.29, 0.717) is 25.2 Å². The molecule has 0 saturated heterocycles. The van der Waals surface area contributed by atoms with Crippen molar-refractivity contribution in [3.8, 4) is 0 Å². The first kappa shape index (κ1) is 22.9. The van der Waals surface area contributed by atoms with Gasteiger partial charge in [0.05, 0.1) is 13.1 Å². The van der Waals surface area contributed by atoms with Crippen LogP contribution in [0, 0.1) is 6.92 Å². The van der Waals surface area contributed by atoms with E-state index >= 15 is 0 Å². The Hall–Kier alpha value is -2.41. The summed E-state index contributed by atoms with van der Waals surface area (Å²) in [7, 11) is 1.98. The van der Waals surface area contributed by atoms with Gasteiger partial charge in [-0.15, -0.1) is 10.2 Å². The molecule has 0 amide bonds. The van der Waals surface area contributed by atoms with Crippen molar-refractivity contribution in [1.82, 2.24) is 30.3 Å². The second-order valence-electron chi connectivity index (χ2n) is 7.93. The van der Waals surface area contributed by atoms with Crippen LogP contribution in [0.3, 0.4) is 0 Å². The minimum atomic E-state index is 0.554. The van der Waals surface area contributed by atoms with Gasteiger partial charge in [-0.25, -0.2) is 4.99 Å². The maximum Gasteiger partial charge on any atom is 0.191 e. The average molecular weight is 400 g/mol. The minimum absolute atomic E-state index is 0.554. The Morgan fingerprint density at radius 1 is 1.07 bits per heavy atom. The Labute approximate surface area is 175 Å².